The first-order chi connectivity index (χ1) is 13.2. The maximum absolute atomic E-state index is 12.6. The Morgan fingerprint density at radius 3 is 2.64 bits per heavy atom. The van der Waals surface area contributed by atoms with Crippen LogP contribution in [0.25, 0.3) is 10.9 Å². The van der Waals surface area contributed by atoms with Crippen LogP contribution >= 0.6 is 0 Å². The summed E-state index contributed by atoms with van der Waals surface area (Å²) in [4.78, 5) is 26.8. The second-order valence-corrected chi connectivity index (χ2v) is 8.73. The minimum atomic E-state index is -3.82. The normalized spacial score (nSPS) is 13.6. The van der Waals surface area contributed by atoms with Gasteiger partial charge in [0.25, 0.3) is 5.56 Å². The molecule has 144 valence electrons. The summed E-state index contributed by atoms with van der Waals surface area (Å²) < 4.78 is 27.7. The highest BCUT2D eigenvalue weighted by atomic mass is 32.2. The summed E-state index contributed by atoms with van der Waals surface area (Å²) in [7, 11) is -3.82. The average Bonchev–Trinajstić information content (AvgIpc) is 3.03. The maximum Gasteiger partial charge on any atom is 0.252 e. The standard InChI is InChI=1S/C20H19N3O4S/c1-11-3-4-13-7-15(20(25)23-19(13)12(11)2)10-21-28(26,27)16-5-6-17-14(8-16)9-18(24)22-17/h3-8,21H,9-10H2,1-2H3,(H,22,24)(H,23,25). The van der Waals surface area contributed by atoms with Crippen molar-refractivity contribution < 1.29 is 13.2 Å². The molecule has 1 aromatic heterocycles. The number of aryl methyl sites for hydroxylation is 2. The van der Waals surface area contributed by atoms with E-state index in [1.54, 1.807) is 12.1 Å². The van der Waals surface area contributed by atoms with Gasteiger partial charge in [-0.3, -0.25) is 9.59 Å². The number of pyridine rings is 1. The number of amides is 1. The number of aromatic nitrogens is 1. The quantitative estimate of drug-likeness (QED) is 0.627. The molecular weight excluding hydrogens is 378 g/mol. The Hall–Kier alpha value is -2.97. The van der Waals surface area contributed by atoms with Crippen molar-refractivity contribution in [2.75, 3.05) is 5.32 Å². The molecule has 1 aliphatic heterocycles. The van der Waals surface area contributed by atoms with E-state index in [-0.39, 0.29) is 29.3 Å². The van der Waals surface area contributed by atoms with Gasteiger partial charge in [-0.05, 0) is 60.2 Å². The molecule has 3 N–H and O–H groups in total. The average molecular weight is 397 g/mol. The molecule has 0 saturated heterocycles. The molecule has 2 heterocycles. The lowest BCUT2D eigenvalue weighted by Gasteiger charge is -2.10. The molecule has 0 fully saturated rings. The predicted octanol–water partition coefficient (Wildman–Crippen LogP) is 2.12. The number of carbonyl (C=O) groups excluding carboxylic acids is 1. The number of fused-ring (bicyclic) bond motifs is 2. The number of aromatic amines is 1. The van der Waals surface area contributed by atoms with Gasteiger partial charge in [-0.15, -0.1) is 0 Å². The van der Waals surface area contributed by atoms with Crippen LogP contribution < -0.4 is 15.6 Å². The number of benzene rings is 2. The second kappa shape index (κ2) is 6.57. The number of H-pyrrole nitrogens is 1. The van der Waals surface area contributed by atoms with E-state index < -0.39 is 10.0 Å². The number of rotatable bonds is 4. The molecule has 4 rings (SSSR count). The molecular formula is C20H19N3O4S. The van der Waals surface area contributed by atoms with Crippen LogP contribution in [0.4, 0.5) is 5.69 Å². The maximum atomic E-state index is 12.6. The van der Waals surface area contributed by atoms with Gasteiger partial charge in [-0.1, -0.05) is 12.1 Å². The van der Waals surface area contributed by atoms with Gasteiger partial charge in [0.1, 0.15) is 0 Å². The Balaban J connectivity index is 1.61. The van der Waals surface area contributed by atoms with E-state index in [9.17, 15) is 18.0 Å². The van der Waals surface area contributed by atoms with E-state index in [0.717, 1.165) is 22.0 Å². The lowest BCUT2D eigenvalue weighted by Crippen LogP contribution is -2.27. The van der Waals surface area contributed by atoms with E-state index in [0.29, 0.717) is 16.8 Å². The monoisotopic (exact) mass is 397 g/mol. The largest absolute Gasteiger partial charge is 0.326 e. The summed E-state index contributed by atoms with van der Waals surface area (Å²) in [6.07, 6.45) is 0.155. The molecule has 7 nitrogen and oxygen atoms in total. The van der Waals surface area contributed by atoms with Crippen LogP contribution in [-0.4, -0.2) is 19.3 Å². The molecule has 2 aromatic carbocycles. The van der Waals surface area contributed by atoms with Gasteiger partial charge in [-0.25, -0.2) is 13.1 Å². The molecule has 1 amide bonds. The third-order valence-electron chi connectivity index (χ3n) is 5.09. The highest BCUT2D eigenvalue weighted by Crippen LogP contribution is 2.26. The van der Waals surface area contributed by atoms with Gasteiger partial charge in [0, 0.05) is 17.8 Å². The number of sulfonamides is 1. The van der Waals surface area contributed by atoms with Gasteiger partial charge < -0.3 is 10.3 Å². The van der Waals surface area contributed by atoms with Gasteiger partial charge in [-0.2, -0.15) is 0 Å². The lowest BCUT2D eigenvalue weighted by atomic mass is 10.0. The van der Waals surface area contributed by atoms with Crippen LogP contribution in [0.15, 0.2) is 46.1 Å². The highest BCUT2D eigenvalue weighted by molar-refractivity contribution is 7.89. The number of hydrogen-bond donors (Lipinski definition) is 3. The zero-order chi connectivity index (χ0) is 20.1. The minimum Gasteiger partial charge on any atom is -0.326 e. The summed E-state index contributed by atoms with van der Waals surface area (Å²) in [6, 6.07) is 10.0. The van der Waals surface area contributed by atoms with E-state index in [4.69, 9.17) is 0 Å². The predicted molar refractivity (Wildman–Crippen MR) is 107 cm³/mol. The zero-order valence-electron chi connectivity index (χ0n) is 15.4. The van der Waals surface area contributed by atoms with Crippen molar-refractivity contribution in [2.45, 2.75) is 31.7 Å². The first-order valence-corrected chi connectivity index (χ1v) is 10.3. The van der Waals surface area contributed by atoms with Crippen LogP contribution in [0.3, 0.4) is 0 Å². The van der Waals surface area contributed by atoms with Crippen LogP contribution in [0.2, 0.25) is 0 Å². The van der Waals surface area contributed by atoms with E-state index in [1.807, 2.05) is 26.0 Å². The molecule has 0 bridgehead atoms. The fourth-order valence-electron chi connectivity index (χ4n) is 3.33. The lowest BCUT2D eigenvalue weighted by molar-refractivity contribution is -0.115. The third kappa shape index (κ3) is 3.21. The molecule has 8 heteroatoms. The van der Waals surface area contributed by atoms with Crippen LogP contribution in [-0.2, 0) is 27.8 Å². The Bertz CT molecular complexity index is 1290. The third-order valence-corrected chi connectivity index (χ3v) is 6.49. The number of anilines is 1. The molecule has 0 aliphatic carbocycles. The summed E-state index contributed by atoms with van der Waals surface area (Å²) in [5, 5.41) is 3.51. The van der Waals surface area contributed by atoms with Crippen molar-refractivity contribution in [3.8, 4) is 0 Å². The number of nitrogens with one attached hydrogen (secondary N) is 3. The van der Waals surface area contributed by atoms with Crippen molar-refractivity contribution in [3.05, 3.63) is 69.0 Å². The van der Waals surface area contributed by atoms with Gasteiger partial charge in [0.2, 0.25) is 15.9 Å². The van der Waals surface area contributed by atoms with Gasteiger partial charge >= 0.3 is 0 Å². The Labute approximate surface area is 161 Å². The Morgan fingerprint density at radius 1 is 1.07 bits per heavy atom. The Morgan fingerprint density at radius 2 is 1.86 bits per heavy atom. The SMILES string of the molecule is Cc1ccc2cc(CNS(=O)(=O)c3ccc4c(c3)CC(=O)N4)c(=O)[nH]c2c1C. The zero-order valence-corrected chi connectivity index (χ0v) is 16.2. The summed E-state index contributed by atoms with van der Waals surface area (Å²) in [6.45, 7) is 3.77. The molecule has 28 heavy (non-hydrogen) atoms. The fourth-order valence-corrected chi connectivity index (χ4v) is 4.39. The molecule has 0 saturated carbocycles. The van der Waals surface area contributed by atoms with Gasteiger partial charge in [0.15, 0.2) is 0 Å². The smallest absolute Gasteiger partial charge is 0.252 e. The topological polar surface area (TPSA) is 108 Å². The van der Waals surface area contributed by atoms with E-state index in [1.165, 1.54) is 12.1 Å². The molecule has 1 aliphatic rings. The van der Waals surface area contributed by atoms with Crippen molar-refractivity contribution in [2.24, 2.45) is 0 Å². The molecule has 0 radical (unpaired) electrons. The van der Waals surface area contributed by atoms with E-state index in [2.05, 4.69) is 15.0 Å². The van der Waals surface area contributed by atoms with Crippen LogP contribution in [0.5, 0.6) is 0 Å². The second-order valence-electron chi connectivity index (χ2n) is 6.96. The minimum absolute atomic E-state index is 0.0615. The first-order valence-electron chi connectivity index (χ1n) is 8.79. The summed E-state index contributed by atoms with van der Waals surface area (Å²) in [5.74, 6) is -0.161. The van der Waals surface area contributed by atoms with Crippen molar-refractivity contribution in [1.82, 2.24) is 9.71 Å². The van der Waals surface area contributed by atoms with Crippen molar-refractivity contribution in [1.29, 1.82) is 0 Å². The fraction of sp³-hybridized carbons (Fsp3) is 0.200. The van der Waals surface area contributed by atoms with Crippen molar-refractivity contribution >= 4 is 32.5 Å². The molecule has 3 aromatic rings. The summed E-state index contributed by atoms with van der Waals surface area (Å²) in [5.41, 5.74) is 4.09. The number of carbonyl (C=O) groups is 1. The highest BCUT2D eigenvalue weighted by Gasteiger charge is 2.22. The van der Waals surface area contributed by atoms with Crippen LogP contribution in [0, 0.1) is 13.8 Å². The summed E-state index contributed by atoms with van der Waals surface area (Å²) >= 11 is 0. The first kappa shape index (κ1) is 18.4. The van der Waals surface area contributed by atoms with Crippen LogP contribution in [0.1, 0.15) is 22.3 Å². The number of hydrogen-bond acceptors (Lipinski definition) is 4. The Kier molecular flexibility index (Phi) is 4.32. The molecule has 0 unspecified atom stereocenters. The molecule has 0 atom stereocenters. The van der Waals surface area contributed by atoms with Crippen molar-refractivity contribution in [3.63, 3.8) is 0 Å². The molecule has 0 spiro atoms. The van der Waals surface area contributed by atoms with Gasteiger partial charge in [0.05, 0.1) is 16.8 Å². The van der Waals surface area contributed by atoms with E-state index >= 15 is 0 Å².